The molecule has 0 saturated heterocycles. The van der Waals surface area contributed by atoms with E-state index in [0.717, 1.165) is 18.4 Å². The first-order chi connectivity index (χ1) is 9.81. The van der Waals surface area contributed by atoms with Crippen molar-refractivity contribution in [1.82, 2.24) is 5.32 Å². The van der Waals surface area contributed by atoms with Gasteiger partial charge in [-0.1, -0.05) is 48.5 Å². The maximum Gasteiger partial charge on any atom is 0.127 e. The SMILES string of the molecule is OCCCC(NCc1ccccc1F)c1ccccc1. The molecular weight excluding hydrogens is 253 g/mol. The van der Waals surface area contributed by atoms with Gasteiger partial charge in [0.15, 0.2) is 0 Å². The molecule has 2 aromatic rings. The molecule has 2 nitrogen and oxygen atoms in total. The highest BCUT2D eigenvalue weighted by Gasteiger charge is 2.11. The van der Waals surface area contributed by atoms with Crippen LogP contribution in [0.15, 0.2) is 54.6 Å². The minimum atomic E-state index is -0.186. The molecule has 0 aliphatic rings. The second-order valence-corrected chi connectivity index (χ2v) is 4.80. The molecule has 0 aliphatic carbocycles. The number of rotatable bonds is 7. The Morgan fingerprint density at radius 2 is 1.70 bits per heavy atom. The molecule has 1 unspecified atom stereocenters. The van der Waals surface area contributed by atoms with Crippen LogP contribution in [-0.4, -0.2) is 11.7 Å². The third kappa shape index (κ3) is 4.15. The van der Waals surface area contributed by atoms with Gasteiger partial charge in [0.25, 0.3) is 0 Å². The summed E-state index contributed by atoms with van der Waals surface area (Å²) in [6, 6.07) is 17.0. The van der Waals surface area contributed by atoms with Crippen LogP contribution in [0, 0.1) is 5.82 Å². The topological polar surface area (TPSA) is 32.3 Å². The lowest BCUT2D eigenvalue weighted by molar-refractivity contribution is 0.274. The van der Waals surface area contributed by atoms with Gasteiger partial charge in [0, 0.05) is 24.8 Å². The van der Waals surface area contributed by atoms with Gasteiger partial charge in [-0.2, -0.15) is 0 Å². The molecule has 3 heteroatoms. The van der Waals surface area contributed by atoms with Gasteiger partial charge in [-0.25, -0.2) is 4.39 Å². The average Bonchev–Trinajstić information content (AvgIpc) is 2.50. The molecule has 0 aliphatic heterocycles. The van der Waals surface area contributed by atoms with Crippen LogP contribution in [0.1, 0.15) is 30.0 Å². The van der Waals surface area contributed by atoms with E-state index < -0.39 is 0 Å². The molecule has 0 spiro atoms. The molecule has 0 radical (unpaired) electrons. The van der Waals surface area contributed by atoms with Crippen LogP contribution >= 0.6 is 0 Å². The molecule has 1 atom stereocenters. The first-order valence-corrected chi connectivity index (χ1v) is 6.94. The summed E-state index contributed by atoms with van der Waals surface area (Å²) >= 11 is 0. The van der Waals surface area contributed by atoms with E-state index in [2.05, 4.69) is 17.4 Å². The second-order valence-electron chi connectivity index (χ2n) is 4.80. The zero-order valence-corrected chi connectivity index (χ0v) is 11.4. The fraction of sp³-hybridized carbons (Fsp3) is 0.294. The number of halogens is 1. The quantitative estimate of drug-likeness (QED) is 0.810. The largest absolute Gasteiger partial charge is 0.396 e. The Hall–Kier alpha value is -1.71. The summed E-state index contributed by atoms with van der Waals surface area (Å²) < 4.78 is 13.6. The van der Waals surface area contributed by atoms with Crippen LogP contribution in [0.2, 0.25) is 0 Å². The Balaban J connectivity index is 2.03. The second kappa shape index (κ2) is 7.78. The monoisotopic (exact) mass is 273 g/mol. The predicted octanol–water partition coefficient (Wildman–Crippen LogP) is 3.43. The zero-order valence-electron chi connectivity index (χ0n) is 11.4. The van der Waals surface area contributed by atoms with Crippen molar-refractivity contribution in [2.45, 2.75) is 25.4 Å². The Morgan fingerprint density at radius 3 is 2.40 bits per heavy atom. The fourth-order valence-electron chi connectivity index (χ4n) is 2.24. The lowest BCUT2D eigenvalue weighted by Crippen LogP contribution is -2.21. The first kappa shape index (κ1) is 14.7. The van der Waals surface area contributed by atoms with Crippen molar-refractivity contribution >= 4 is 0 Å². The summed E-state index contributed by atoms with van der Waals surface area (Å²) in [5, 5.41) is 12.4. The van der Waals surface area contributed by atoms with Gasteiger partial charge >= 0.3 is 0 Å². The van der Waals surface area contributed by atoms with Crippen molar-refractivity contribution < 1.29 is 9.50 Å². The average molecular weight is 273 g/mol. The first-order valence-electron chi connectivity index (χ1n) is 6.94. The summed E-state index contributed by atoms with van der Waals surface area (Å²) in [7, 11) is 0. The van der Waals surface area contributed by atoms with Gasteiger partial charge in [-0.15, -0.1) is 0 Å². The van der Waals surface area contributed by atoms with Crippen LogP contribution < -0.4 is 5.32 Å². The highest BCUT2D eigenvalue weighted by Crippen LogP contribution is 2.19. The molecule has 0 saturated carbocycles. The number of hydrogen-bond donors (Lipinski definition) is 2. The molecule has 0 bridgehead atoms. The standard InChI is InChI=1S/C17H20FNO/c18-16-10-5-4-9-15(16)13-19-17(11-6-12-20)14-7-2-1-3-8-14/h1-5,7-10,17,19-20H,6,11-13H2. The molecule has 106 valence electrons. The number of aliphatic hydroxyl groups excluding tert-OH is 1. The van der Waals surface area contributed by atoms with Gasteiger partial charge in [0.05, 0.1) is 0 Å². The summed E-state index contributed by atoms with van der Waals surface area (Å²) in [6.45, 7) is 0.655. The van der Waals surface area contributed by atoms with Gasteiger partial charge in [0.1, 0.15) is 5.82 Å². The molecule has 2 rings (SSSR count). The number of nitrogens with one attached hydrogen (secondary N) is 1. The molecule has 2 N–H and O–H groups in total. The maximum absolute atomic E-state index is 13.6. The van der Waals surface area contributed by atoms with Crippen molar-refractivity contribution in [3.05, 3.63) is 71.5 Å². The van der Waals surface area contributed by atoms with E-state index in [1.165, 1.54) is 6.07 Å². The van der Waals surface area contributed by atoms with E-state index in [1.807, 2.05) is 24.3 Å². The number of hydrogen-bond acceptors (Lipinski definition) is 2. The van der Waals surface area contributed by atoms with Gasteiger partial charge in [-0.05, 0) is 24.5 Å². The predicted molar refractivity (Wildman–Crippen MR) is 78.7 cm³/mol. The zero-order chi connectivity index (χ0) is 14.2. The summed E-state index contributed by atoms with van der Waals surface area (Å²) in [6.07, 6.45) is 1.55. The van der Waals surface area contributed by atoms with E-state index in [1.54, 1.807) is 12.1 Å². The Bertz CT molecular complexity index is 515. The highest BCUT2D eigenvalue weighted by atomic mass is 19.1. The molecule has 0 heterocycles. The van der Waals surface area contributed by atoms with Crippen molar-refractivity contribution in [2.24, 2.45) is 0 Å². The van der Waals surface area contributed by atoms with E-state index in [-0.39, 0.29) is 18.5 Å². The van der Waals surface area contributed by atoms with Crippen molar-refractivity contribution in [3.8, 4) is 0 Å². The summed E-state index contributed by atoms with van der Waals surface area (Å²) in [5.74, 6) is -0.186. The van der Waals surface area contributed by atoms with E-state index in [9.17, 15) is 4.39 Å². The molecule has 0 fully saturated rings. The highest BCUT2D eigenvalue weighted by molar-refractivity contribution is 5.20. The third-order valence-electron chi connectivity index (χ3n) is 3.35. The minimum Gasteiger partial charge on any atom is -0.396 e. The lowest BCUT2D eigenvalue weighted by atomic mass is 10.0. The fourth-order valence-corrected chi connectivity index (χ4v) is 2.24. The van der Waals surface area contributed by atoms with Crippen molar-refractivity contribution in [3.63, 3.8) is 0 Å². The number of aliphatic hydroxyl groups is 1. The van der Waals surface area contributed by atoms with Gasteiger partial charge < -0.3 is 10.4 Å². The Kier molecular flexibility index (Phi) is 5.71. The summed E-state index contributed by atoms with van der Waals surface area (Å²) in [5.41, 5.74) is 1.83. The van der Waals surface area contributed by atoms with Crippen LogP contribution in [0.4, 0.5) is 4.39 Å². The van der Waals surface area contributed by atoms with E-state index >= 15 is 0 Å². The van der Waals surface area contributed by atoms with Crippen LogP contribution in [-0.2, 0) is 6.54 Å². The maximum atomic E-state index is 13.6. The normalized spacial score (nSPS) is 12.3. The Morgan fingerprint density at radius 1 is 1.00 bits per heavy atom. The van der Waals surface area contributed by atoms with Gasteiger partial charge in [0.2, 0.25) is 0 Å². The molecule has 2 aromatic carbocycles. The Labute approximate surface area is 119 Å². The van der Waals surface area contributed by atoms with Crippen LogP contribution in [0.25, 0.3) is 0 Å². The van der Waals surface area contributed by atoms with E-state index in [0.29, 0.717) is 12.1 Å². The summed E-state index contributed by atoms with van der Waals surface area (Å²) in [4.78, 5) is 0. The molecule has 0 amide bonds. The minimum absolute atomic E-state index is 0.128. The van der Waals surface area contributed by atoms with E-state index in [4.69, 9.17) is 5.11 Å². The molecular formula is C17H20FNO. The smallest absolute Gasteiger partial charge is 0.127 e. The van der Waals surface area contributed by atoms with Crippen molar-refractivity contribution in [1.29, 1.82) is 0 Å². The van der Waals surface area contributed by atoms with Crippen LogP contribution in [0.5, 0.6) is 0 Å². The molecule has 20 heavy (non-hydrogen) atoms. The molecule has 0 aromatic heterocycles. The van der Waals surface area contributed by atoms with Gasteiger partial charge in [-0.3, -0.25) is 0 Å². The number of benzene rings is 2. The van der Waals surface area contributed by atoms with Crippen molar-refractivity contribution in [2.75, 3.05) is 6.61 Å². The lowest BCUT2D eigenvalue weighted by Gasteiger charge is -2.19. The third-order valence-corrected chi connectivity index (χ3v) is 3.35. The van der Waals surface area contributed by atoms with Crippen LogP contribution in [0.3, 0.4) is 0 Å².